The number of nitrogens with one attached hydrogen (secondary N) is 4. The Labute approximate surface area is 188 Å². The molecule has 1 fully saturated rings. The Balaban J connectivity index is 1.63. The zero-order chi connectivity index (χ0) is 23.1. The topological polar surface area (TPSA) is 112 Å². The Morgan fingerprint density at radius 2 is 1.97 bits per heavy atom. The lowest BCUT2D eigenvalue weighted by Crippen LogP contribution is -2.48. The fourth-order valence-corrected chi connectivity index (χ4v) is 3.74. The Morgan fingerprint density at radius 1 is 1.16 bits per heavy atom. The summed E-state index contributed by atoms with van der Waals surface area (Å²) in [6.07, 6.45) is 3.04. The maximum atomic E-state index is 12.6. The summed E-state index contributed by atoms with van der Waals surface area (Å²) >= 11 is 0. The third-order valence-electron chi connectivity index (χ3n) is 5.62. The molecule has 1 unspecified atom stereocenters. The number of amides is 3. The Morgan fingerprint density at radius 3 is 2.66 bits per heavy atom. The van der Waals surface area contributed by atoms with Crippen molar-refractivity contribution in [2.75, 3.05) is 13.6 Å². The highest BCUT2D eigenvalue weighted by Gasteiger charge is 2.25. The number of hydrogen-bond acceptors (Lipinski definition) is 5. The van der Waals surface area contributed by atoms with E-state index in [1.54, 1.807) is 12.1 Å². The molecule has 0 aliphatic carbocycles. The number of piperidine rings is 1. The molecule has 3 amide bonds. The number of carbonyl (C=O) groups excluding carboxylic acids is 3. The second-order valence-corrected chi connectivity index (χ2v) is 8.39. The first-order valence-corrected chi connectivity index (χ1v) is 11.1. The molecule has 32 heavy (non-hydrogen) atoms. The van der Waals surface area contributed by atoms with Gasteiger partial charge in [0.05, 0.1) is 6.04 Å². The van der Waals surface area contributed by atoms with Crippen molar-refractivity contribution in [2.45, 2.75) is 51.7 Å². The first kappa shape index (κ1) is 23.5. The smallest absolute Gasteiger partial charge is 0.287 e. The summed E-state index contributed by atoms with van der Waals surface area (Å²) in [5, 5.41) is 11.5. The van der Waals surface area contributed by atoms with E-state index in [-0.39, 0.29) is 29.5 Å². The Kier molecular flexibility index (Phi) is 8.05. The third-order valence-corrected chi connectivity index (χ3v) is 5.62. The van der Waals surface area contributed by atoms with Crippen LogP contribution in [0.2, 0.25) is 0 Å². The van der Waals surface area contributed by atoms with Gasteiger partial charge in [0.15, 0.2) is 5.76 Å². The third kappa shape index (κ3) is 5.97. The van der Waals surface area contributed by atoms with Crippen molar-refractivity contribution in [1.82, 2.24) is 21.3 Å². The average Bonchev–Trinajstić information content (AvgIpc) is 3.31. The molecule has 2 aromatic rings. The lowest BCUT2D eigenvalue weighted by molar-refractivity contribution is -0.124. The van der Waals surface area contributed by atoms with E-state index < -0.39 is 11.9 Å². The maximum absolute atomic E-state index is 12.6. The molecular weight excluding hydrogens is 408 g/mol. The van der Waals surface area contributed by atoms with E-state index in [0.29, 0.717) is 12.3 Å². The van der Waals surface area contributed by atoms with Crippen LogP contribution in [0, 0.1) is 5.92 Å². The molecule has 1 aliphatic heterocycles. The molecule has 8 nitrogen and oxygen atoms in total. The van der Waals surface area contributed by atoms with Gasteiger partial charge in [-0.2, -0.15) is 0 Å². The highest BCUT2D eigenvalue weighted by molar-refractivity contribution is 5.96. The maximum Gasteiger partial charge on any atom is 0.287 e. The summed E-state index contributed by atoms with van der Waals surface area (Å²) < 4.78 is 5.76. The van der Waals surface area contributed by atoms with Crippen LogP contribution in [0.4, 0.5) is 0 Å². The summed E-state index contributed by atoms with van der Waals surface area (Å²) in [5.74, 6) is -0.0675. The molecule has 0 spiro atoms. The van der Waals surface area contributed by atoms with Crippen LogP contribution < -0.4 is 21.3 Å². The number of benzene rings is 1. The number of hydrogen-bond donors (Lipinski definition) is 4. The van der Waals surface area contributed by atoms with E-state index in [9.17, 15) is 14.4 Å². The van der Waals surface area contributed by atoms with Crippen molar-refractivity contribution in [1.29, 1.82) is 0 Å². The zero-order valence-electron chi connectivity index (χ0n) is 18.9. The van der Waals surface area contributed by atoms with E-state index >= 15 is 0 Å². The predicted molar refractivity (Wildman–Crippen MR) is 122 cm³/mol. The fourth-order valence-electron chi connectivity index (χ4n) is 3.74. The SMILES string of the molecule is CNC(=O)[C@@H](NC(=O)c1ccc(-c2cccc(CNC(=O)C3CCCCN3)c2)o1)C(C)C. The molecule has 3 rings (SSSR count). The van der Waals surface area contributed by atoms with Gasteiger partial charge in [0.1, 0.15) is 11.8 Å². The van der Waals surface area contributed by atoms with Crippen molar-refractivity contribution in [3.63, 3.8) is 0 Å². The zero-order valence-corrected chi connectivity index (χ0v) is 18.9. The fraction of sp³-hybridized carbons (Fsp3) is 0.458. The van der Waals surface area contributed by atoms with Gasteiger partial charge in [-0.1, -0.05) is 38.5 Å². The van der Waals surface area contributed by atoms with Crippen LogP contribution in [0.1, 0.15) is 49.2 Å². The minimum Gasteiger partial charge on any atom is -0.451 e. The lowest BCUT2D eigenvalue weighted by Gasteiger charge is -2.22. The highest BCUT2D eigenvalue weighted by atomic mass is 16.4. The summed E-state index contributed by atoms with van der Waals surface area (Å²) in [6, 6.07) is 10.2. The Bertz CT molecular complexity index is 947. The summed E-state index contributed by atoms with van der Waals surface area (Å²) in [5.41, 5.74) is 1.74. The van der Waals surface area contributed by atoms with Gasteiger partial charge in [-0.15, -0.1) is 0 Å². The van der Waals surface area contributed by atoms with E-state index in [2.05, 4.69) is 21.3 Å². The number of likely N-dealkylation sites (N-methyl/N-ethyl adjacent to an activating group) is 1. The van der Waals surface area contributed by atoms with E-state index in [0.717, 1.165) is 36.9 Å². The van der Waals surface area contributed by atoms with Gasteiger partial charge < -0.3 is 25.7 Å². The molecule has 1 saturated heterocycles. The van der Waals surface area contributed by atoms with Crippen LogP contribution in [-0.4, -0.2) is 43.4 Å². The minimum absolute atomic E-state index is 0.0166. The summed E-state index contributed by atoms with van der Waals surface area (Å²) in [7, 11) is 1.54. The lowest BCUT2D eigenvalue weighted by atomic mass is 10.0. The van der Waals surface area contributed by atoms with Gasteiger partial charge in [0.25, 0.3) is 5.91 Å². The van der Waals surface area contributed by atoms with Gasteiger partial charge >= 0.3 is 0 Å². The number of furan rings is 1. The summed E-state index contributed by atoms with van der Waals surface area (Å²) in [4.78, 5) is 36.9. The normalized spacial score (nSPS) is 16.9. The largest absolute Gasteiger partial charge is 0.451 e. The molecule has 1 aliphatic rings. The molecule has 8 heteroatoms. The van der Waals surface area contributed by atoms with Crippen LogP contribution in [0.15, 0.2) is 40.8 Å². The van der Waals surface area contributed by atoms with Crippen LogP contribution in [0.5, 0.6) is 0 Å². The van der Waals surface area contributed by atoms with Crippen molar-refractivity contribution < 1.29 is 18.8 Å². The monoisotopic (exact) mass is 440 g/mol. The van der Waals surface area contributed by atoms with E-state index in [1.165, 1.54) is 7.05 Å². The van der Waals surface area contributed by atoms with Crippen LogP contribution in [0.3, 0.4) is 0 Å². The quantitative estimate of drug-likeness (QED) is 0.503. The van der Waals surface area contributed by atoms with Gasteiger partial charge in [-0.05, 0) is 49.1 Å². The Hall–Kier alpha value is -3.13. The summed E-state index contributed by atoms with van der Waals surface area (Å²) in [6.45, 7) is 5.02. The predicted octanol–water partition coefficient (Wildman–Crippen LogP) is 2.21. The molecule has 2 heterocycles. The highest BCUT2D eigenvalue weighted by Crippen LogP contribution is 2.23. The van der Waals surface area contributed by atoms with E-state index in [1.807, 2.05) is 38.1 Å². The minimum atomic E-state index is -0.647. The van der Waals surface area contributed by atoms with Crippen molar-refractivity contribution >= 4 is 17.7 Å². The van der Waals surface area contributed by atoms with Gasteiger partial charge in [0.2, 0.25) is 11.8 Å². The van der Waals surface area contributed by atoms with Crippen LogP contribution in [-0.2, 0) is 16.1 Å². The number of carbonyl (C=O) groups is 3. The molecule has 1 aromatic carbocycles. The average molecular weight is 441 g/mol. The first-order valence-electron chi connectivity index (χ1n) is 11.1. The second-order valence-electron chi connectivity index (χ2n) is 8.39. The molecule has 0 radical (unpaired) electrons. The first-order chi connectivity index (χ1) is 15.4. The molecule has 172 valence electrons. The number of rotatable bonds is 8. The molecule has 0 bridgehead atoms. The molecule has 0 saturated carbocycles. The van der Waals surface area contributed by atoms with Crippen molar-refractivity contribution in [2.24, 2.45) is 5.92 Å². The van der Waals surface area contributed by atoms with E-state index in [4.69, 9.17) is 4.42 Å². The van der Waals surface area contributed by atoms with Crippen LogP contribution >= 0.6 is 0 Å². The van der Waals surface area contributed by atoms with Crippen LogP contribution in [0.25, 0.3) is 11.3 Å². The standard InChI is InChI=1S/C24H32N4O4/c1-15(2)21(24(31)25-3)28-23(30)20-11-10-19(32-20)17-8-6-7-16(13-17)14-27-22(29)18-9-4-5-12-26-18/h6-8,10-11,13,15,18,21,26H,4-5,9,12,14H2,1-3H3,(H,25,31)(H,27,29)(H,28,30)/t18?,21-/m0/s1. The van der Waals surface area contributed by atoms with Crippen molar-refractivity contribution in [3.8, 4) is 11.3 Å². The van der Waals surface area contributed by atoms with Gasteiger partial charge in [0, 0.05) is 19.2 Å². The van der Waals surface area contributed by atoms with Crippen molar-refractivity contribution in [3.05, 3.63) is 47.7 Å². The second kappa shape index (κ2) is 10.9. The molecule has 2 atom stereocenters. The van der Waals surface area contributed by atoms with Gasteiger partial charge in [-0.25, -0.2) is 0 Å². The molecule has 4 N–H and O–H groups in total. The molecule has 1 aromatic heterocycles. The molecular formula is C24H32N4O4. The van der Waals surface area contributed by atoms with Gasteiger partial charge in [-0.3, -0.25) is 14.4 Å².